The first-order valence-corrected chi connectivity index (χ1v) is 5.37. The van der Waals surface area contributed by atoms with Crippen molar-refractivity contribution in [3.05, 3.63) is 23.7 Å². The van der Waals surface area contributed by atoms with Crippen molar-refractivity contribution in [2.75, 3.05) is 5.73 Å². The predicted octanol–water partition coefficient (Wildman–Crippen LogP) is 1.38. The average molecular weight is 233 g/mol. The lowest BCUT2D eigenvalue weighted by Crippen LogP contribution is -2.08. The smallest absolute Gasteiger partial charge is 0.240 e. The van der Waals surface area contributed by atoms with Crippen LogP contribution < -0.4 is 5.73 Å². The van der Waals surface area contributed by atoms with Gasteiger partial charge in [-0.15, -0.1) is 0 Å². The Bertz CT molecular complexity index is 524. The standard InChI is InChI=1S/C11H15N5O/c1-6(2)8-7(3)14-11(15-9(8)17)16-5-4-13-10(16)12/h4-6H,1-3H3,(H2,12,13)(H,14,15,17). The second-order valence-electron chi connectivity index (χ2n) is 4.16. The Kier molecular flexibility index (Phi) is 2.71. The number of nitrogen functional groups attached to an aromatic ring is 1. The van der Waals surface area contributed by atoms with Crippen LogP contribution in [0.2, 0.25) is 0 Å². The summed E-state index contributed by atoms with van der Waals surface area (Å²) in [5.74, 6) is 0.792. The maximum Gasteiger partial charge on any atom is 0.240 e. The molecule has 90 valence electrons. The molecule has 2 aromatic rings. The summed E-state index contributed by atoms with van der Waals surface area (Å²) in [5, 5.41) is 9.91. The molecule has 2 aromatic heterocycles. The van der Waals surface area contributed by atoms with E-state index in [1.807, 2.05) is 20.8 Å². The van der Waals surface area contributed by atoms with Gasteiger partial charge in [-0.1, -0.05) is 13.8 Å². The van der Waals surface area contributed by atoms with Crippen LogP contribution in [0.25, 0.3) is 5.95 Å². The van der Waals surface area contributed by atoms with Gasteiger partial charge in [0.1, 0.15) is 0 Å². The van der Waals surface area contributed by atoms with Gasteiger partial charge in [0.15, 0.2) is 0 Å². The molecule has 6 heteroatoms. The van der Waals surface area contributed by atoms with Crippen molar-refractivity contribution >= 4 is 5.95 Å². The summed E-state index contributed by atoms with van der Waals surface area (Å²) in [5.41, 5.74) is 7.16. The average Bonchev–Trinajstić information content (AvgIpc) is 2.62. The van der Waals surface area contributed by atoms with Crippen molar-refractivity contribution in [3.8, 4) is 11.8 Å². The molecule has 0 saturated heterocycles. The second-order valence-corrected chi connectivity index (χ2v) is 4.16. The first kappa shape index (κ1) is 11.4. The van der Waals surface area contributed by atoms with Gasteiger partial charge in [-0.3, -0.25) is 4.57 Å². The Balaban J connectivity index is 2.57. The van der Waals surface area contributed by atoms with Crippen LogP contribution in [0.3, 0.4) is 0 Å². The predicted molar refractivity (Wildman–Crippen MR) is 64.1 cm³/mol. The van der Waals surface area contributed by atoms with E-state index >= 15 is 0 Å². The quantitative estimate of drug-likeness (QED) is 0.817. The molecule has 2 rings (SSSR count). The Morgan fingerprint density at radius 1 is 1.35 bits per heavy atom. The second kappa shape index (κ2) is 4.04. The van der Waals surface area contributed by atoms with Crippen molar-refractivity contribution < 1.29 is 5.11 Å². The molecular weight excluding hydrogens is 218 g/mol. The molecule has 0 spiro atoms. The molecule has 3 N–H and O–H groups in total. The van der Waals surface area contributed by atoms with Crippen molar-refractivity contribution in [3.63, 3.8) is 0 Å². The molecule has 0 amide bonds. The fourth-order valence-corrected chi connectivity index (χ4v) is 1.82. The van der Waals surface area contributed by atoms with Crippen LogP contribution in [0, 0.1) is 6.92 Å². The number of nitrogens with two attached hydrogens (primary N) is 1. The normalized spacial score (nSPS) is 11.1. The van der Waals surface area contributed by atoms with Crippen molar-refractivity contribution in [2.24, 2.45) is 0 Å². The highest BCUT2D eigenvalue weighted by atomic mass is 16.3. The van der Waals surface area contributed by atoms with E-state index in [0.717, 1.165) is 11.3 Å². The van der Waals surface area contributed by atoms with Crippen LogP contribution in [0.5, 0.6) is 5.88 Å². The summed E-state index contributed by atoms with van der Waals surface area (Å²) in [7, 11) is 0. The number of aryl methyl sites for hydroxylation is 1. The van der Waals surface area contributed by atoms with E-state index in [-0.39, 0.29) is 11.8 Å². The first-order chi connectivity index (χ1) is 8.00. The van der Waals surface area contributed by atoms with Gasteiger partial charge in [0.05, 0.1) is 5.69 Å². The highest BCUT2D eigenvalue weighted by Gasteiger charge is 2.15. The number of anilines is 1. The summed E-state index contributed by atoms with van der Waals surface area (Å²) in [6, 6.07) is 0. The van der Waals surface area contributed by atoms with Gasteiger partial charge in [-0.2, -0.15) is 4.98 Å². The maximum atomic E-state index is 9.91. The monoisotopic (exact) mass is 233 g/mol. The Morgan fingerprint density at radius 3 is 2.53 bits per heavy atom. The third-order valence-corrected chi connectivity index (χ3v) is 2.57. The highest BCUT2D eigenvalue weighted by molar-refractivity contribution is 5.37. The Morgan fingerprint density at radius 2 is 2.06 bits per heavy atom. The van der Waals surface area contributed by atoms with E-state index in [2.05, 4.69) is 15.0 Å². The van der Waals surface area contributed by atoms with Gasteiger partial charge in [0.2, 0.25) is 17.8 Å². The highest BCUT2D eigenvalue weighted by Crippen LogP contribution is 2.26. The summed E-state index contributed by atoms with van der Waals surface area (Å²) >= 11 is 0. The minimum atomic E-state index is -0.00407. The number of nitrogens with zero attached hydrogens (tertiary/aromatic N) is 4. The lowest BCUT2D eigenvalue weighted by atomic mass is 10.0. The van der Waals surface area contributed by atoms with Crippen LogP contribution in [-0.4, -0.2) is 24.6 Å². The molecule has 0 aliphatic carbocycles. The van der Waals surface area contributed by atoms with Gasteiger partial charge < -0.3 is 10.8 Å². The van der Waals surface area contributed by atoms with Gasteiger partial charge in [0.25, 0.3) is 0 Å². The zero-order valence-electron chi connectivity index (χ0n) is 10.0. The summed E-state index contributed by atoms with van der Waals surface area (Å²) in [6.45, 7) is 5.81. The molecule has 0 bridgehead atoms. The van der Waals surface area contributed by atoms with Crippen LogP contribution in [0.1, 0.15) is 31.0 Å². The molecule has 0 aliphatic heterocycles. The van der Waals surface area contributed by atoms with Crippen LogP contribution in [0.15, 0.2) is 12.4 Å². The maximum absolute atomic E-state index is 9.91. The molecule has 0 aliphatic rings. The SMILES string of the molecule is Cc1nc(-n2ccnc2N)nc(O)c1C(C)C. The number of aromatic hydroxyl groups is 1. The number of imidazole rings is 1. The number of hydrogen-bond acceptors (Lipinski definition) is 5. The van der Waals surface area contributed by atoms with Crippen LogP contribution in [-0.2, 0) is 0 Å². The molecule has 0 radical (unpaired) electrons. The topological polar surface area (TPSA) is 89.9 Å². The summed E-state index contributed by atoms with van der Waals surface area (Å²) in [4.78, 5) is 12.3. The summed E-state index contributed by atoms with van der Waals surface area (Å²) in [6.07, 6.45) is 3.21. The van der Waals surface area contributed by atoms with E-state index in [1.54, 1.807) is 12.4 Å². The van der Waals surface area contributed by atoms with Crippen molar-refractivity contribution in [1.29, 1.82) is 0 Å². The summed E-state index contributed by atoms with van der Waals surface area (Å²) < 4.78 is 1.52. The molecule has 0 unspecified atom stereocenters. The molecule has 17 heavy (non-hydrogen) atoms. The minimum absolute atomic E-state index is 0.00407. The van der Waals surface area contributed by atoms with Crippen molar-refractivity contribution in [1.82, 2.24) is 19.5 Å². The zero-order chi connectivity index (χ0) is 12.6. The fourth-order valence-electron chi connectivity index (χ4n) is 1.82. The number of rotatable bonds is 2. The van der Waals surface area contributed by atoms with Gasteiger partial charge in [0, 0.05) is 18.0 Å². The van der Waals surface area contributed by atoms with Gasteiger partial charge in [-0.05, 0) is 12.8 Å². The van der Waals surface area contributed by atoms with E-state index < -0.39 is 0 Å². The van der Waals surface area contributed by atoms with E-state index in [0.29, 0.717) is 11.9 Å². The Labute approximate surface area is 99.2 Å². The van der Waals surface area contributed by atoms with Crippen LogP contribution in [0.4, 0.5) is 5.95 Å². The fraction of sp³-hybridized carbons (Fsp3) is 0.364. The minimum Gasteiger partial charge on any atom is -0.493 e. The molecule has 0 atom stereocenters. The zero-order valence-corrected chi connectivity index (χ0v) is 10.0. The largest absolute Gasteiger partial charge is 0.493 e. The Hall–Kier alpha value is -2.11. The lowest BCUT2D eigenvalue weighted by Gasteiger charge is -2.12. The van der Waals surface area contributed by atoms with Gasteiger partial charge in [-0.25, -0.2) is 9.97 Å². The van der Waals surface area contributed by atoms with Crippen molar-refractivity contribution in [2.45, 2.75) is 26.7 Å². The molecule has 0 aromatic carbocycles. The van der Waals surface area contributed by atoms with E-state index in [9.17, 15) is 5.11 Å². The third-order valence-electron chi connectivity index (χ3n) is 2.57. The van der Waals surface area contributed by atoms with E-state index in [1.165, 1.54) is 4.57 Å². The molecule has 2 heterocycles. The number of aromatic nitrogens is 4. The van der Waals surface area contributed by atoms with Gasteiger partial charge >= 0.3 is 0 Å². The van der Waals surface area contributed by atoms with E-state index in [4.69, 9.17) is 5.73 Å². The molecule has 6 nitrogen and oxygen atoms in total. The molecule has 0 fully saturated rings. The number of hydrogen-bond donors (Lipinski definition) is 2. The van der Waals surface area contributed by atoms with Crippen LogP contribution >= 0.6 is 0 Å². The first-order valence-electron chi connectivity index (χ1n) is 5.37. The third kappa shape index (κ3) is 1.93. The molecule has 0 saturated carbocycles. The molecular formula is C11H15N5O. The lowest BCUT2D eigenvalue weighted by molar-refractivity contribution is 0.438.